The Kier molecular flexibility index (Phi) is 9.77. The molecule has 7 nitrogen and oxygen atoms in total. The molecule has 206 valence electrons. The second kappa shape index (κ2) is 13.8. The molecule has 7 heteroatoms. The third kappa shape index (κ3) is 7.33. The van der Waals surface area contributed by atoms with Crippen LogP contribution in [0.15, 0.2) is 103 Å². The summed E-state index contributed by atoms with van der Waals surface area (Å²) in [5.41, 5.74) is 3.09. The molecule has 0 radical (unpaired) electrons. The third-order valence-electron chi connectivity index (χ3n) is 7.01. The number of rotatable bonds is 11. The summed E-state index contributed by atoms with van der Waals surface area (Å²) in [4.78, 5) is 0. The van der Waals surface area contributed by atoms with Crippen LogP contribution in [0.3, 0.4) is 0 Å². The molecule has 0 aliphatic carbocycles. The van der Waals surface area contributed by atoms with Crippen molar-refractivity contribution < 1.29 is 33.5 Å². The lowest BCUT2D eigenvalue weighted by atomic mass is 9.91. The smallest absolute Gasteiger partial charge is 0.186 e. The van der Waals surface area contributed by atoms with Gasteiger partial charge in [-0.15, -0.1) is 0 Å². The van der Waals surface area contributed by atoms with E-state index in [0.29, 0.717) is 26.2 Å². The standard InChI is InChI=1S/C32H36O7/c1-34-32-31(38-22-25-15-9-4-10-16-25)30(37-21-24-13-7-3-8-14-24)29(36-20-23-11-5-2-6-12-23)28(39-32)27-19-26(33)17-18-35-27/h2-18,26-33H,19-22H2,1H3/t26?,27?,28-,29+,30+,31-,32+/m1/s1. The van der Waals surface area contributed by atoms with Crippen molar-refractivity contribution in [2.45, 2.75) is 69.2 Å². The van der Waals surface area contributed by atoms with Gasteiger partial charge >= 0.3 is 0 Å². The van der Waals surface area contributed by atoms with E-state index in [4.69, 9.17) is 28.4 Å². The van der Waals surface area contributed by atoms with E-state index >= 15 is 0 Å². The minimum atomic E-state index is -0.734. The Morgan fingerprint density at radius 1 is 0.692 bits per heavy atom. The second-order valence-electron chi connectivity index (χ2n) is 9.79. The normalized spacial score (nSPS) is 28.6. The first-order valence-corrected chi connectivity index (χ1v) is 13.4. The summed E-state index contributed by atoms with van der Waals surface area (Å²) in [5, 5.41) is 10.4. The molecule has 7 atom stereocenters. The molecule has 5 rings (SSSR count). The number of aliphatic hydroxyl groups excluding tert-OH is 1. The molecule has 2 aliphatic rings. The van der Waals surface area contributed by atoms with Gasteiger partial charge in [0.25, 0.3) is 0 Å². The Hall–Kier alpha value is -3.04. The Balaban J connectivity index is 1.44. The molecular weight excluding hydrogens is 496 g/mol. The number of hydrogen-bond donors (Lipinski definition) is 1. The van der Waals surface area contributed by atoms with Gasteiger partial charge < -0.3 is 33.5 Å². The highest BCUT2D eigenvalue weighted by Crippen LogP contribution is 2.34. The highest BCUT2D eigenvalue weighted by Gasteiger charge is 2.52. The molecule has 1 N–H and O–H groups in total. The van der Waals surface area contributed by atoms with Crippen molar-refractivity contribution in [3.05, 3.63) is 120 Å². The van der Waals surface area contributed by atoms with E-state index in [9.17, 15) is 5.11 Å². The van der Waals surface area contributed by atoms with Crippen molar-refractivity contribution in [2.24, 2.45) is 0 Å². The number of methoxy groups -OCH3 is 1. The SMILES string of the molecule is CO[C@H]1O[C@H](C2CC(O)C=CO2)[C@H](OCc2ccccc2)[C@H](OCc2ccccc2)[C@H]1OCc1ccccc1. The van der Waals surface area contributed by atoms with E-state index in [-0.39, 0.29) is 0 Å². The fraction of sp³-hybridized carbons (Fsp3) is 0.375. The monoisotopic (exact) mass is 532 g/mol. The third-order valence-corrected chi connectivity index (χ3v) is 7.01. The lowest BCUT2D eigenvalue weighted by Crippen LogP contribution is -2.63. The van der Waals surface area contributed by atoms with Crippen LogP contribution in [0.2, 0.25) is 0 Å². The van der Waals surface area contributed by atoms with Crippen molar-refractivity contribution in [2.75, 3.05) is 7.11 Å². The minimum absolute atomic E-state index is 0.352. The maximum Gasteiger partial charge on any atom is 0.186 e. The quantitative estimate of drug-likeness (QED) is 0.381. The van der Waals surface area contributed by atoms with Crippen LogP contribution in [0.1, 0.15) is 23.1 Å². The van der Waals surface area contributed by atoms with Crippen molar-refractivity contribution in [3.8, 4) is 0 Å². The fourth-order valence-electron chi connectivity index (χ4n) is 5.00. The van der Waals surface area contributed by atoms with E-state index in [0.717, 1.165) is 16.7 Å². The molecule has 0 spiro atoms. The summed E-state index contributed by atoms with van der Waals surface area (Å²) in [6.45, 7) is 1.07. The maximum absolute atomic E-state index is 10.4. The summed E-state index contributed by atoms with van der Waals surface area (Å²) < 4.78 is 37.9. The van der Waals surface area contributed by atoms with Crippen LogP contribution in [0.25, 0.3) is 0 Å². The van der Waals surface area contributed by atoms with Gasteiger partial charge in [-0.05, 0) is 22.8 Å². The second-order valence-corrected chi connectivity index (χ2v) is 9.79. The van der Waals surface area contributed by atoms with Crippen LogP contribution in [0.5, 0.6) is 0 Å². The molecule has 1 saturated heterocycles. The van der Waals surface area contributed by atoms with Crippen molar-refractivity contribution >= 4 is 0 Å². The molecule has 2 heterocycles. The van der Waals surface area contributed by atoms with Gasteiger partial charge in [-0.2, -0.15) is 0 Å². The fourth-order valence-corrected chi connectivity index (χ4v) is 5.00. The Morgan fingerprint density at radius 2 is 1.18 bits per heavy atom. The molecule has 3 aromatic carbocycles. The molecule has 0 bridgehead atoms. The van der Waals surface area contributed by atoms with Gasteiger partial charge in [-0.1, -0.05) is 91.0 Å². The first kappa shape index (κ1) is 27.5. The van der Waals surface area contributed by atoms with E-state index < -0.39 is 42.9 Å². The van der Waals surface area contributed by atoms with Gasteiger partial charge in [0.1, 0.15) is 30.5 Å². The number of benzene rings is 3. The number of ether oxygens (including phenoxy) is 6. The maximum atomic E-state index is 10.4. The summed E-state index contributed by atoms with van der Waals surface area (Å²) >= 11 is 0. The van der Waals surface area contributed by atoms with Crippen LogP contribution in [-0.4, -0.2) is 55.1 Å². The Labute approximate surface area is 229 Å². The zero-order valence-corrected chi connectivity index (χ0v) is 22.1. The van der Waals surface area contributed by atoms with E-state index in [2.05, 4.69) is 0 Å². The molecular formula is C32H36O7. The van der Waals surface area contributed by atoms with Gasteiger partial charge in [0.05, 0.1) is 32.2 Å². The van der Waals surface area contributed by atoms with Crippen LogP contribution >= 0.6 is 0 Å². The molecule has 39 heavy (non-hydrogen) atoms. The first-order valence-electron chi connectivity index (χ1n) is 13.4. The Morgan fingerprint density at radius 3 is 1.67 bits per heavy atom. The molecule has 0 saturated carbocycles. The van der Waals surface area contributed by atoms with Gasteiger partial charge in [0.15, 0.2) is 6.29 Å². The van der Waals surface area contributed by atoms with Crippen molar-refractivity contribution in [1.82, 2.24) is 0 Å². The zero-order chi connectivity index (χ0) is 26.9. The summed E-state index contributed by atoms with van der Waals surface area (Å²) in [6.07, 6.45) is -0.585. The van der Waals surface area contributed by atoms with Gasteiger partial charge in [-0.25, -0.2) is 0 Å². The number of hydrogen-bond acceptors (Lipinski definition) is 7. The summed E-state index contributed by atoms with van der Waals surface area (Å²) in [5.74, 6) is 0. The van der Waals surface area contributed by atoms with E-state index in [1.165, 1.54) is 6.26 Å². The largest absolute Gasteiger partial charge is 0.495 e. The number of aliphatic hydroxyl groups is 1. The van der Waals surface area contributed by atoms with Crippen molar-refractivity contribution in [3.63, 3.8) is 0 Å². The average Bonchev–Trinajstić information content (AvgIpc) is 2.99. The molecule has 2 unspecified atom stereocenters. The average molecular weight is 533 g/mol. The topological polar surface area (TPSA) is 75.6 Å². The molecule has 3 aromatic rings. The predicted molar refractivity (Wildman–Crippen MR) is 145 cm³/mol. The molecule has 0 amide bonds. The van der Waals surface area contributed by atoms with Crippen LogP contribution in [-0.2, 0) is 48.2 Å². The Bertz CT molecular complexity index is 1140. The predicted octanol–water partition coefficient (Wildman–Crippen LogP) is 4.78. The van der Waals surface area contributed by atoms with Crippen LogP contribution < -0.4 is 0 Å². The molecule has 0 aromatic heterocycles. The van der Waals surface area contributed by atoms with E-state index in [1.54, 1.807) is 13.2 Å². The van der Waals surface area contributed by atoms with Gasteiger partial charge in [-0.3, -0.25) is 0 Å². The lowest BCUT2D eigenvalue weighted by Gasteiger charge is -2.47. The summed E-state index contributed by atoms with van der Waals surface area (Å²) in [7, 11) is 1.59. The molecule has 2 aliphatic heterocycles. The van der Waals surface area contributed by atoms with Crippen LogP contribution in [0.4, 0.5) is 0 Å². The lowest BCUT2D eigenvalue weighted by molar-refractivity contribution is -0.330. The first-order chi connectivity index (χ1) is 19.2. The van der Waals surface area contributed by atoms with Crippen molar-refractivity contribution in [1.29, 1.82) is 0 Å². The van der Waals surface area contributed by atoms with Gasteiger partial charge in [0, 0.05) is 13.5 Å². The van der Waals surface area contributed by atoms with E-state index in [1.807, 2.05) is 91.0 Å². The van der Waals surface area contributed by atoms with Gasteiger partial charge in [0.2, 0.25) is 0 Å². The summed E-state index contributed by atoms with van der Waals surface area (Å²) in [6, 6.07) is 29.9. The highest BCUT2D eigenvalue weighted by molar-refractivity contribution is 5.16. The highest BCUT2D eigenvalue weighted by atomic mass is 16.7. The zero-order valence-electron chi connectivity index (χ0n) is 22.1. The van der Waals surface area contributed by atoms with Crippen LogP contribution in [0, 0.1) is 0 Å². The molecule has 1 fully saturated rings. The minimum Gasteiger partial charge on any atom is -0.495 e.